The third kappa shape index (κ3) is 6.33. The van der Waals surface area contributed by atoms with E-state index in [0.717, 1.165) is 21.7 Å². The Morgan fingerprint density at radius 3 is 2.23 bits per heavy atom. The molecule has 6 nitrogen and oxygen atoms in total. The maximum absolute atomic E-state index is 12.6. The summed E-state index contributed by atoms with van der Waals surface area (Å²) in [5, 5.41) is 2.75. The van der Waals surface area contributed by atoms with E-state index in [9.17, 15) is 13.2 Å². The summed E-state index contributed by atoms with van der Waals surface area (Å²) in [7, 11) is -3.63. The first kappa shape index (κ1) is 22.4. The van der Waals surface area contributed by atoms with Crippen molar-refractivity contribution in [3.63, 3.8) is 0 Å². The first-order valence-corrected chi connectivity index (χ1v) is 11.8. The van der Waals surface area contributed by atoms with Crippen molar-refractivity contribution in [2.45, 2.75) is 20.0 Å². The van der Waals surface area contributed by atoms with Gasteiger partial charge in [-0.3, -0.25) is 9.10 Å². The Morgan fingerprint density at radius 2 is 1.58 bits per heavy atom. The molecule has 0 atom stereocenters. The van der Waals surface area contributed by atoms with Crippen LogP contribution in [0.5, 0.6) is 5.75 Å². The molecule has 31 heavy (non-hydrogen) atoms. The molecule has 3 rings (SSSR count). The van der Waals surface area contributed by atoms with Gasteiger partial charge in [0.1, 0.15) is 18.9 Å². The Kier molecular flexibility index (Phi) is 7.31. The minimum atomic E-state index is -3.63. The predicted molar refractivity (Wildman–Crippen MR) is 124 cm³/mol. The molecule has 0 heterocycles. The van der Waals surface area contributed by atoms with Gasteiger partial charge < -0.3 is 10.1 Å². The summed E-state index contributed by atoms with van der Waals surface area (Å²) < 4.78 is 31.6. The van der Waals surface area contributed by atoms with Crippen LogP contribution in [0.1, 0.15) is 18.1 Å². The van der Waals surface area contributed by atoms with E-state index in [2.05, 4.69) is 5.32 Å². The minimum absolute atomic E-state index is 0.303. The Balaban J connectivity index is 1.64. The number of anilines is 2. The fraction of sp³-hybridized carbons (Fsp3) is 0.208. The monoisotopic (exact) mass is 438 g/mol. The summed E-state index contributed by atoms with van der Waals surface area (Å²) in [6, 6.07) is 24.0. The molecule has 162 valence electrons. The highest BCUT2D eigenvalue weighted by Crippen LogP contribution is 2.23. The van der Waals surface area contributed by atoms with Crippen LogP contribution in [0.3, 0.4) is 0 Å². The molecule has 0 bridgehead atoms. The number of hydrogen-bond donors (Lipinski definition) is 1. The van der Waals surface area contributed by atoms with Gasteiger partial charge in [0.25, 0.3) is 0 Å². The number of benzene rings is 3. The van der Waals surface area contributed by atoms with Crippen molar-refractivity contribution in [3.05, 3.63) is 90.0 Å². The molecule has 0 aliphatic rings. The van der Waals surface area contributed by atoms with E-state index >= 15 is 0 Å². The number of amides is 1. The second-order valence-corrected chi connectivity index (χ2v) is 9.01. The van der Waals surface area contributed by atoms with Gasteiger partial charge in [0.2, 0.25) is 15.9 Å². The number of nitrogens with zero attached hydrogens (tertiary/aromatic N) is 1. The number of aryl methyl sites for hydroxylation is 1. The summed E-state index contributed by atoms with van der Waals surface area (Å²) in [4.78, 5) is 12.6. The summed E-state index contributed by atoms with van der Waals surface area (Å²) in [5.74, 6) is 0.255. The summed E-state index contributed by atoms with van der Waals surface area (Å²) in [5.41, 5.74) is 3.01. The SMILES string of the molecule is CCc1ccccc1N(CC(=O)Nc1ccc(OCc2ccccc2)cc1)S(C)(=O)=O. The number of nitrogens with one attached hydrogen (secondary N) is 1. The standard InChI is InChI=1S/C24H26N2O4S/c1-3-20-11-7-8-12-23(20)26(31(2,28)29)17-24(27)25-21-13-15-22(16-14-21)30-18-19-9-5-4-6-10-19/h4-16H,3,17-18H2,1-2H3,(H,25,27). The second-order valence-electron chi connectivity index (χ2n) is 7.10. The second kappa shape index (κ2) is 10.1. The normalized spacial score (nSPS) is 11.0. The Hall–Kier alpha value is -3.32. The third-order valence-corrected chi connectivity index (χ3v) is 5.84. The first-order valence-electron chi connectivity index (χ1n) is 9.99. The van der Waals surface area contributed by atoms with Crippen molar-refractivity contribution in [2.75, 3.05) is 22.4 Å². The molecular weight excluding hydrogens is 412 g/mol. The van der Waals surface area contributed by atoms with Gasteiger partial charge in [0, 0.05) is 5.69 Å². The molecule has 3 aromatic carbocycles. The van der Waals surface area contributed by atoms with Crippen molar-refractivity contribution >= 4 is 27.3 Å². The summed E-state index contributed by atoms with van der Waals surface area (Å²) in [6.07, 6.45) is 1.76. The lowest BCUT2D eigenvalue weighted by Crippen LogP contribution is -2.38. The predicted octanol–water partition coefficient (Wildman–Crippen LogP) is 4.23. The fourth-order valence-electron chi connectivity index (χ4n) is 3.14. The van der Waals surface area contributed by atoms with Gasteiger partial charge in [-0.05, 0) is 47.9 Å². The molecule has 0 aliphatic carbocycles. The lowest BCUT2D eigenvalue weighted by Gasteiger charge is -2.24. The van der Waals surface area contributed by atoms with E-state index < -0.39 is 15.9 Å². The van der Waals surface area contributed by atoms with Crippen LogP contribution in [-0.2, 0) is 27.8 Å². The highest BCUT2D eigenvalue weighted by molar-refractivity contribution is 7.92. The Labute approximate surface area is 183 Å². The molecule has 0 fully saturated rings. The molecule has 1 amide bonds. The van der Waals surface area contributed by atoms with E-state index in [1.54, 1.807) is 36.4 Å². The number of carbonyl (C=O) groups is 1. The first-order chi connectivity index (χ1) is 14.9. The lowest BCUT2D eigenvalue weighted by atomic mass is 10.1. The number of hydrogen-bond acceptors (Lipinski definition) is 4. The fourth-order valence-corrected chi connectivity index (χ4v) is 4.03. The zero-order valence-electron chi connectivity index (χ0n) is 17.6. The lowest BCUT2D eigenvalue weighted by molar-refractivity contribution is -0.114. The average Bonchev–Trinajstić information content (AvgIpc) is 2.77. The van der Waals surface area contributed by atoms with Crippen LogP contribution in [-0.4, -0.2) is 27.1 Å². The van der Waals surface area contributed by atoms with Crippen LogP contribution >= 0.6 is 0 Å². The number of carbonyl (C=O) groups excluding carboxylic acids is 1. The maximum Gasteiger partial charge on any atom is 0.245 e. The van der Waals surface area contributed by atoms with E-state index in [1.807, 2.05) is 49.4 Å². The zero-order chi connectivity index (χ0) is 22.3. The quantitative estimate of drug-likeness (QED) is 0.542. The molecule has 0 saturated heterocycles. The molecule has 0 aliphatic heterocycles. The topological polar surface area (TPSA) is 75.7 Å². The molecular formula is C24H26N2O4S. The number of rotatable bonds is 9. The van der Waals surface area contributed by atoms with Crippen molar-refractivity contribution in [1.29, 1.82) is 0 Å². The number of ether oxygens (including phenoxy) is 1. The van der Waals surface area contributed by atoms with Crippen molar-refractivity contribution < 1.29 is 17.9 Å². The summed E-state index contributed by atoms with van der Waals surface area (Å²) in [6.45, 7) is 2.09. The van der Waals surface area contributed by atoms with Gasteiger partial charge in [-0.1, -0.05) is 55.5 Å². The zero-order valence-corrected chi connectivity index (χ0v) is 18.4. The molecule has 0 spiro atoms. The van der Waals surface area contributed by atoms with Crippen LogP contribution in [0.25, 0.3) is 0 Å². The largest absolute Gasteiger partial charge is 0.489 e. The van der Waals surface area contributed by atoms with Gasteiger partial charge in [-0.25, -0.2) is 8.42 Å². The summed E-state index contributed by atoms with van der Waals surface area (Å²) >= 11 is 0. The van der Waals surface area contributed by atoms with Crippen molar-refractivity contribution in [3.8, 4) is 5.75 Å². The highest BCUT2D eigenvalue weighted by Gasteiger charge is 2.22. The molecule has 0 aromatic heterocycles. The van der Waals surface area contributed by atoms with Gasteiger partial charge in [-0.2, -0.15) is 0 Å². The van der Waals surface area contributed by atoms with Gasteiger partial charge in [-0.15, -0.1) is 0 Å². The van der Waals surface area contributed by atoms with Crippen LogP contribution in [0.4, 0.5) is 11.4 Å². The maximum atomic E-state index is 12.6. The molecule has 1 N–H and O–H groups in total. The molecule has 7 heteroatoms. The van der Waals surface area contributed by atoms with Crippen LogP contribution < -0.4 is 14.4 Å². The highest BCUT2D eigenvalue weighted by atomic mass is 32.2. The Bertz CT molecular complexity index is 1110. The average molecular weight is 439 g/mol. The molecule has 0 radical (unpaired) electrons. The van der Waals surface area contributed by atoms with Gasteiger partial charge >= 0.3 is 0 Å². The van der Waals surface area contributed by atoms with Crippen LogP contribution in [0, 0.1) is 0 Å². The smallest absolute Gasteiger partial charge is 0.245 e. The number of para-hydroxylation sites is 1. The molecule has 0 unspecified atom stereocenters. The van der Waals surface area contributed by atoms with Crippen LogP contribution in [0.2, 0.25) is 0 Å². The van der Waals surface area contributed by atoms with Gasteiger partial charge in [0.05, 0.1) is 11.9 Å². The van der Waals surface area contributed by atoms with E-state index in [-0.39, 0.29) is 6.54 Å². The van der Waals surface area contributed by atoms with Crippen molar-refractivity contribution in [2.24, 2.45) is 0 Å². The van der Waals surface area contributed by atoms with Crippen molar-refractivity contribution in [1.82, 2.24) is 0 Å². The van der Waals surface area contributed by atoms with Gasteiger partial charge in [0.15, 0.2) is 0 Å². The molecule has 3 aromatic rings. The Morgan fingerprint density at radius 1 is 0.935 bits per heavy atom. The van der Waals surface area contributed by atoms with E-state index in [1.165, 1.54) is 0 Å². The third-order valence-electron chi connectivity index (χ3n) is 4.72. The number of sulfonamides is 1. The van der Waals surface area contributed by atoms with Crippen LogP contribution in [0.15, 0.2) is 78.9 Å². The minimum Gasteiger partial charge on any atom is -0.489 e. The molecule has 0 saturated carbocycles. The van der Waals surface area contributed by atoms with E-state index in [4.69, 9.17) is 4.74 Å². The van der Waals surface area contributed by atoms with E-state index in [0.29, 0.717) is 30.2 Å².